The SMILES string of the molecule is N#Cc1ccnc(O[C@H]2CCCN(C(=O)c3ccc4cc[nH]c4c3)C2)c1. The van der Waals surface area contributed by atoms with Crippen molar-refractivity contribution in [1.29, 1.82) is 5.26 Å². The summed E-state index contributed by atoms with van der Waals surface area (Å²) in [5, 5.41) is 10.1. The van der Waals surface area contributed by atoms with E-state index in [2.05, 4.69) is 16.0 Å². The van der Waals surface area contributed by atoms with Crippen molar-refractivity contribution in [2.45, 2.75) is 18.9 Å². The van der Waals surface area contributed by atoms with Crippen LogP contribution in [-0.2, 0) is 0 Å². The fraction of sp³-hybridized carbons (Fsp3) is 0.250. The molecule has 2 aromatic heterocycles. The molecular weight excluding hydrogens is 328 g/mol. The maximum Gasteiger partial charge on any atom is 0.254 e. The maximum absolute atomic E-state index is 12.9. The number of likely N-dealkylation sites (tertiary alicyclic amines) is 1. The molecule has 1 aromatic carbocycles. The summed E-state index contributed by atoms with van der Waals surface area (Å²) < 4.78 is 5.91. The number of ether oxygens (including phenoxy) is 1. The molecule has 0 bridgehead atoms. The van der Waals surface area contributed by atoms with Crippen molar-refractivity contribution in [1.82, 2.24) is 14.9 Å². The lowest BCUT2D eigenvalue weighted by Crippen LogP contribution is -2.44. The number of nitrogens with zero attached hydrogens (tertiary/aromatic N) is 3. The Balaban J connectivity index is 1.47. The average Bonchev–Trinajstić information content (AvgIpc) is 3.15. The number of carbonyl (C=O) groups is 1. The second-order valence-electron chi connectivity index (χ2n) is 6.41. The highest BCUT2D eigenvalue weighted by Crippen LogP contribution is 2.21. The first-order valence-corrected chi connectivity index (χ1v) is 8.62. The summed E-state index contributed by atoms with van der Waals surface area (Å²) in [6.45, 7) is 1.23. The van der Waals surface area contributed by atoms with Crippen LogP contribution in [0.25, 0.3) is 10.9 Å². The molecule has 1 atom stereocenters. The zero-order valence-corrected chi connectivity index (χ0v) is 14.2. The third kappa shape index (κ3) is 3.24. The zero-order valence-electron chi connectivity index (χ0n) is 14.2. The normalized spacial score (nSPS) is 17.0. The topological polar surface area (TPSA) is 82.0 Å². The summed E-state index contributed by atoms with van der Waals surface area (Å²) in [6.07, 6.45) is 5.04. The standard InChI is InChI=1S/C20H18N4O2/c21-12-14-5-7-23-19(10-14)26-17-2-1-9-24(13-17)20(25)16-4-3-15-6-8-22-18(15)11-16/h3-8,10-11,17,22H,1-2,9,13H2/t17-/m0/s1. The van der Waals surface area contributed by atoms with Gasteiger partial charge in [-0.1, -0.05) is 6.07 Å². The fourth-order valence-electron chi connectivity index (χ4n) is 3.30. The highest BCUT2D eigenvalue weighted by atomic mass is 16.5. The van der Waals surface area contributed by atoms with E-state index in [1.54, 1.807) is 18.3 Å². The fourth-order valence-corrected chi connectivity index (χ4v) is 3.30. The number of hydrogen-bond acceptors (Lipinski definition) is 4. The summed E-state index contributed by atoms with van der Waals surface area (Å²) in [5.41, 5.74) is 2.14. The maximum atomic E-state index is 12.9. The molecule has 6 heteroatoms. The number of aromatic amines is 1. The van der Waals surface area contributed by atoms with Crippen molar-refractivity contribution in [2.75, 3.05) is 13.1 Å². The van der Waals surface area contributed by atoms with Crippen molar-refractivity contribution in [3.8, 4) is 11.9 Å². The van der Waals surface area contributed by atoms with Crippen LogP contribution in [0.2, 0.25) is 0 Å². The number of rotatable bonds is 3. The van der Waals surface area contributed by atoms with E-state index in [1.165, 1.54) is 0 Å². The van der Waals surface area contributed by atoms with E-state index >= 15 is 0 Å². The molecule has 1 N–H and O–H groups in total. The van der Waals surface area contributed by atoms with Crippen LogP contribution < -0.4 is 4.74 Å². The zero-order chi connectivity index (χ0) is 17.9. The number of hydrogen-bond donors (Lipinski definition) is 1. The Morgan fingerprint density at radius 1 is 1.31 bits per heavy atom. The molecule has 1 aliphatic rings. The van der Waals surface area contributed by atoms with E-state index < -0.39 is 0 Å². The number of amides is 1. The first kappa shape index (κ1) is 16.2. The van der Waals surface area contributed by atoms with E-state index in [1.807, 2.05) is 35.4 Å². The molecule has 4 rings (SSSR count). The minimum atomic E-state index is -0.122. The number of piperidine rings is 1. The third-order valence-electron chi connectivity index (χ3n) is 4.62. The van der Waals surface area contributed by atoms with E-state index in [9.17, 15) is 4.79 Å². The van der Waals surface area contributed by atoms with Gasteiger partial charge in [-0.15, -0.1) is 0 Å². The molecule has 0 radical (unpaired) electrons. The van der Waals surface area contributed by atoms with Crippen LogP contribution >= 0.6 is 0 Å². The lowest BCUT2D eigenvalue weighted by molar-refractivity contribution is 0.0528. The summed E-state index contributed by atoms with van der Waals surface area (Å²) in [7, 11) is 0. The van der Waals surface area contributed by atoms with Crippen molar-refractivity contribution in [2.24, 2.45) is 0 Å². The highest BCUT2D eigenvalue weighted by Gasteiger charge is 2.26. The van der Waals surface area contributed by atoms with Gasteiger partial charge in [-0.05, 0) is 42.5 Å². The van der Waals surface area contributed by atoms with Crippen LogP contribution in [-0.4, -0.2) is 40.0 Å². The Hall–Kier alpha value is -3.33. The Labute approximate surface area is 151 Å². The number of nitriles is 1. The Kier molecular flexibility index (Phi) is 4.28. The quantitative estimate of drug-likeness (QED) is 0.790. The first-order valence-electron chi connectivity index (χ1n) is 8.62. The smallest absolute Gasteiger partial charge is 0.254 e. The van der Waals surface area contributed by atoms with Crippen molar-refractivity contribution in [3.63, 3.8) is 0 Å². The van der Waals surface area contributed by atoms with Crippen LogP contribution in [0.1, 0.15) is 28.8 Å². The lowest BCUT2D eigenvalue weighted by Gasteiger charge is -2.32. The molecule has 0 unspecified atom stereocenters. The van der Waals surface area contributed by atoms with Gasteiger partial charge < -0.3 is 14.6 Å². The molecule has 1 fully saturated rings. The largest absolute Gasteiger partial charge is 0.472 e. The van der Waals surface area contributed by atoms with Crippen LogP contribution in [0.15, 0.2) is 48.8 Å². The van der Waals surface area contributed by atoms with E-state index in [0.717, 1.165) is 23.7 Å². The van der Waals surface area contributed by atoms with Crippen LogP contribution in [0.5, 0.6) is 5.88 Å². The van der Waals surface area contributed by atoms with Gasteiger partial charge >= 0.3 is 0 Å². The van der Waals surface area contributed by atoms with E-state index in [4.69, 9.17) is 10.00 Å². The predicted molar refractivity (Wildman–Crippen MR) is 96.8 cm³/mol. The summed E-state index contributed by atoms with van der Waals surface area (Å²) in [4.78, 5) is 22.0. The molecule has 26 heavy (non-hydrogen) atoms. The van der Waals surface area contributed by atoms with Crippen molar-refractivity contribution < 1.29 is 9.53 Å². The molecule has 0 aliphatic carbocycles. The number of carbonyl (C=O) groups excluding carboxylic acids is 1. The van der Waals surface area contributed by atoms with Gasteiger partial charge in [0.15, 0.2) is 0 Å². The van der Waals surface area contributed by atoms with Crippen LogP contribution in [0, 0.1) is 11.3 Å². The van der Waals surface area contributed by atoms with Crippen molar-refractivity contribution >= 4 is 16.8 Å². The monoisotopic (exact) mass is 346 g/mol. The average molecular weight is 346 g/mol. The van der Waals surface area contributed by atoms with Gasteiger partial charge in [-0.2, -0.15) is 5.26 Å². The minimum absolute atomic E-state index is 0.00790. The Morgan fingerprint density at radius 2 is 2.23 bits per heavy atom. The van der Waals surface area contributed by atoms with Gasteiger partial charge in [-0.3, -0.25) is 4.79 Å². The minimum Gasteiger partial charge on any atom is -0.472 e. The second-order valence-corrected chi connectivity index (χ2v) is 6.41. The van der Waals surface area contributed by atoms with Gasteiger partial charge in [0, 0.05) is 36.1 Å². The number of benzene rings is 1. The number of pyridine rings is 1. The molecule has 1 amide bonds. The summed E-state index contributed by atoms with van der Waals surface area (Å²) in [5.74, 6) is 0.435. The van der Waals surface area contributed by atoms with Crippen LogP contribution in [0.3, 0.4) is 0 Å². The molecule has 3 aromatic rings. The van der Waals surface area contributed by atoms with E-state index in [0.29, 0.717) is 30.1 Å². The van der Waals surface area contributed by atoms with Gasteiger partial charge in [0.05, 0.1) is 18.2 Å². The Morgan fingerprint density at radius 3 is 3.12 bits per heavy atom. The van der Waals surface area contributed by atoms with Gasteiger partial charge in [0.2, 0.25) is 5.88 Å². The lowest BCUT2D eigenvalue weighted by atomic mass is 10.1. The van der Waals surface area contributed by atoms with Crippen LogP contribution in [0.4, 0.5) is 0 Å². The van der Waals surface area contributed by atoms with Gasteiger partial charge in [0.1, 0.15) is 6.10 Å². The van der Waals surface area contributed by atoms with Gasteiger partial charge in [-0.25, -0.2) is 4.98 Å². The van der Waals surface area contributed by atoms with Gasteiger partial charge in [0.25, 0.3) is 5.91 Å². The number of aromatic nitrogens is 2. The molecule has 130 valence electrons. The van der Waals surface area contributed by atoms with Crippen molar-refractivity contribution in [3.05, 3.63) is 59.9 Å². The second kappa shape index (κ2) is 6.89. The molecular formula is C20H18N4O2. The number of H-pyrrole nitrogens is 1. The summed E-state index contributed by atoms with van der Waals surface area (Å²) >= 11 is 0. The van der Waals surface area contributed by atoms with E-state index in [-0.39, 0.29) is 12.0 Å². The molecule has 3 heterocycles. The highest BCUT2D eigenvalue weighted by molar-refractivity contribution is 5.98. The molecule has 6 nitrogen and oxygen atoms in total. The molecule has 0 saturated carbocycles. The Bertz CT molecular complexity index is 989. The first-order chi connectivity index (χ1) is 12.7. The number of fused-ring (bicyclic) bond motifs is 1. The number of nitrogens with one attached hydrogen (secondary N) is 1. The predicted octanol–water partition coefficient (Wildman–Crippen LogP) is 3.12. The molecule has 1 saturated heterocycles. The third-order valence-corrected chi connectivity index (χ3v) is 4.62. The summed E-state index contributed by atoms with van der Waals surface area (Å²) in [6, 6.07) is 13.0. The molecule has 1 aliphatic heterocycles. The molecule has 0 spiro atoms.